The summed E-state index contributed by atoms with van der Waals surface area (Å²) in [6.45, 7) is 3.19. The van der Waals surface area contributed by atoms with E-state index in [0.717, 1.165) is 18.5 Å². The van der Waals surface area contributed by atoms with Gasteiger partial charge in [0.15, 0.2) is 0 Å². The van der Waals surface area contributed by atoms with Crippen LogP contribution >= 0.6 is 0 Å². The van der Waals surface area contributed by atoms with Gasteiger partial charge in [-0.05, 0) is 23.9 Å². The number of aromatic nitrogens is 1. The molecule has 0 atom stereocenters. The van der Waals surface area contributed by atoms with Gasteiger partial charge in [0.1, 0.15) is 6.54 Å². The van der Waals surface area contributed by atoms with Crippen LogP contribution in [0.15, 0.2) is 36.5 Å². The quantitative estimate of drug-likeness (QED) is 0.835. The number of amides is 1. The number of para-hydroxylation sites is 1. The minimum Gasteiger partial charge on any atom is -0.355 e. The molecule has 2 rings (SSSR count). The fraction of sp³-hybridized carbons (Fsp3) is 0.308. The van der Waals surface area contributed by atoms with Crippen molar-refractivity contribution in [2.24, 2.45) is 0 Å². The molecule has 1 aromatic heterocycles. The summed E-state index contributed by atoms with van der Waals surface area (Å²) in [5.74, 6) is 0.0724. The molecule has 0 saturated carbocycles. The fourth-order valence-corrected chi connectivity index (χ4v) is 1.75. The number of hydrogen-bond acceptors (Lipinski definition) is 1. The van der Waals surface area contributed by atoms with Crippen LogP contribution in [0, 0.1) is 0 Å². The lowest BCUT2D eigenvalue weighted by molar-refractivity contribution is -0.121. The summed E-state index contributed by atoms with van der Waals surface area (Å²) < 4.78 is 1.97. The highest BCUT2D eigenvalue weighted by molar-refractivity contribution is 5.83. The van der Waals surface area contributed by atoms with Crippen LogP contribution in [-0.4, -0.2) is 17.0 Å². The van der Waals surface area contributed by atoms with Crippen molar-refractivity contribution < 1.29 is 4.79 Å². The van der Waals surface area contributed by atoms with Crippen molar-refractivity contribution in [3.63, 3.8) is 0 Å². The van der Waals surface area contributed by atoms with Crippen LogP contribution < -0.4 is 5.32 Å². The molecule has 0 radical (unpaired) electrons. The SMILES string of the molecule is CCCNC(=O)Cn1ccc2ccccc21. The maximum Gasteiger partial charge on any atom is 0.239 e. The van der Waals surface area contributed by atoms with E-state index in [9.17, 15) is 4.79 Å². The highest BCUT2D eigenvalue weighted by Gasteiger charge is 2.04. The molecule has 3 nitrogen and oxygen atoms in total. The number of nitrogens with one attached hydrogen (secondary N) is 1. The minimum absolute atomic E-state index is 0.0724. The molecule has 2 aromatic rings. The van der Waals surface area contributed by atoms with Gasteiger partial charge in [0.05, 0.1) is 0 Å². The molecule has 3 heteroatoms. The number of carbonyl (C=O) groups excluding carboxylic acids is 1. The van der Waals surface area contributed by atoms with Crippen LogP contribution in [-0.2, 0) is 11.3 Å². The van der Waals surface area contributed by atoms with E-state index in [2.05, 4.69) is 11.4 Å². The molecule has 0 saturated heterocycles. The summed E-state index contributed by atoms with van der Waals surface area (Å²) >= 11 is 0. The number of nitrogens with zero attached hydrogens (tertiary/aromatic N) is 1. The van der Waals surface area contributed by atoms with E-state index < -0.39 is 0 Å². The Morgan fingerprint density at radius 3 is 2.94 bits per heavy atom. The second kappa shape index (κ2) is 4.84. The van der Waals surface area contributed by atoms with Gasteiger partial charge in [0.2, 0.25) is 5.91 Å². The van der Waals surface area contributed by atoms with E-state index >= 15 is 0 Å². The molecule has 0 aliphatic heterocycles. The topological polar surface area (TPSA) is 34.0 Å². The van der Waals surface area contributed by atoms with Crippen LogP contribution in [0.4, 0.5) is 0 Å². The number of rotatable bonds is 4. The molecule has 1 aromatic carbocycles. The van der Waals surface area contributed by atoms with E-state index in [1.54, 1.807) is 0 Å². The summed E-state index contributed by atoms with van der Waals surface area (Å²) in [6.07, 6.45) is 2.92. The van der Waals surface area contributed by atoms with Crippen LogP contribution in [0.3, 0.4) is 0 Å². The Balaban J connectivity index is 2.12. The van der Waals surface area contributed by atoms with E-state index in [4.69, 9.17) is 0 Å². The predicted octanol–water partition coefficient (Wildman–Crippen LogP) is 2.17. The molecule has 0 aliphatic carbocycles. The Kier molecular flexibility index (Phi) is 3.25. The Labute approximate surface area is 95.1 Å². The second-order valence-electron chi connectivity index (χ2n) is 3.85. The highest BCUT2D eigenvalue weighted by Crippen LogP contribution is 2.14. The molecule has 16 heavy (non-hydrogen) atoms. The van der Waals surface area contributed by atoms with Crippen LogP contribution in [0.1, 0.15) is 13.3 Å². The maximum atomic E-state index is 11.6. The zero-order valence-corrected chi connectivity index (χ0v) is 9.44. The van der Waals surface area contributed by atoms with E-state index in [0.29, 0.717) is 6.54 Å². The van der Waals surface area contributed by atoms with Gasteiger partial charge in [-0.2, -0.15) is 0 Å². The van der Waals surface area contributed by atoms with E-state index in [1.807, 2.05) is 42.0 Å². The molecular weight excluding hydrogens is 200 g/mol. The summed E-state index contributed by atoms with van der Waals surface area (Å²) in [5.41, 5.74) is 1.11. The molecule has 1 N–H and O–H groups in total. The third kappa shape index (κ3) is 2.24. The summed E-state index contributed by atoms with van der Waals surface area (Å²) in [7, 11) is 0. The zero-order valence-electron chi connectivity index (χ0n) is 9.44. The van der Waals surface area contributed by atoms with E-state index in [-0.39, 0.29) is 5.91 Å². The van der Waals surface area contributed by atoms with Crippen LogP contribution in [0.2, 0.25) is 0 Å². The second-order valence-corrected chi connectivity index (χ2v) is 3.85. The number of fused-ring (bicyclic) bond motifs is 1. The van der Waals surface area contributed by atoms with Crippen molar-refractivity contribution in [3.8, 4) is 0 Å². The lowest BCUT2D eigenvalue weighted by atomic mass is 10.2. The fourth-order valence-electron chi connectivity index (χ4n) is 1.75. The molecule has 0 unspecified atom stereocenters. The van der Waals surface area contributed by atoms with Crippen LogP contribution in [0.25, 0.3) is 10.9 Å². The smallest absolute Gasteiger partial charge is 0.239 e. The Morgan fingerprint density at radius 2 is 2.12 bits per heavy atom. The average molecular weight is 216 g/mol. The van der Waals surface area contributed by atoms with Crippen molar-refractivity contribution in [2.75, 3.05) is 6.54 Å². The molecule has 0 fully saturated rings. The third-order valence-electron chi connectivity index (χ3n) is 2.57. The van der Waals surface area contributed by atoms with Gasteiger partial charge in [-0.15, -0.1) is 0 Å². The van der Waals surface area contributed by atoms with Crippen molar-refractivity contribution in [1.82, 2.24) is 9.88 Å². The molecule has 0 spiro atoms. The molecule has 0 aliphatic rings. The first kappa shape index (κ1) is 10.7. The van der Waals surface area contributed by atoms with Gasteiger partial charge in [-0.3, -0.25) is 4.79 Å². The van der Waals surface area contributed by atoms with E-state index in [1.165, 1.54) is 5.39 Å². The summed E-state index contributed by atoms with van der Waals surface area (Å²) in [6, 6.07) is 10.1. The maximum absolute atomic E-state index is 11.6. The predicted molar refractivity (Wildman–Crippen MR) is 65.2 cm³/mol. The summed E-state index contributed by atoms with van der Waals surface area (Å²) in [4.78, 5) is 11.6. The average Bonchev–Trinajstić information content (AvgIpc) is 2.70. The number of carbonyl (C=O) groups is 1. The third-order valence-corrected chi connectivity index (χ3v) is 2.57. The highest BCUT2D eigenvalue weighted by atomic mass is 16.1. The Hall–Kier alpha value is -1.77. The number of hydrogen-bond donors (Lipinski definition) is 1. The van der Waals surface area contributed by atoms with Gasteiger partial charge in [0.25, 0.3) is 0 Å². The Bertz CT molecular complexity index is 487. The largest absolute Gasteiger partial charge is 0.355 e. The molecule has 1 amide bonds. The van der Waals surface area contributed by atoms with Crippen molar-refractivity contribution in [2.45, 2.75) is 19.9 Å². The van der Waals surface area contributed by atoms with Crippen molar-refractivity contribution in [1.29, 1.82) is 0 Å². The molecule has 1 heterocycles. The minimum atomic E-state index is 0.0724. The molecule has 84 valence electrons. The lowest BCUT2D eigenvalue weighted by Crippen LogP contribution is -2.27. The van der Waals surface area contributed by atoms with Gasteiger partial charge in [-0.25, -0.2) is 0 Å². The van der Waals surface area contributed by atoms with Crippen molar-refractivity contribution in [3.05, 3.63) is 36.5 Å². The van der Waals surface area contributed by atoms with Gasteiger partial charge >= 0.3 is 0 Å². The first-order chi connectivity index (χ1) is 7.81. The monoisotopic (exact) mass is 216 g/mol. The first-order valence-electron chi connectivity index (χ1n) is 5.62. The van der Waals surface area contributed by atoms with Gasteiger partial charge in [0, 0.05) is 18.3 Å². The lowest BCUT2D eigenvalue weighted by Gasteiger charge is -2.06. The normalized spacial score (nSPS) is 10.6. The van der Waals surface area contributed by atoms with Gasteiger partial charge in [-0.1, -0.05) is 25.1 Å². The van der Waals surface area contributed by atoms with Crippen LogP contribution in [0.5, 0.6) is 0 Å². The Morgan fingerprint density at radius 1 is 1.31 bits per heavy atom. The van der Waals surface area contributed by atoms with Crippen molar-refractivity contribution >= 4 is 16.8 Å². The molecular formula is C13H16N2O. The van der Waals surface area contributed by atoms with Gasteiger partial charge < -0.3 is 9.88 Å². The standard InChI is InChI=1S/C13H16N2O/c1-2-8-14-13(16)10-15-9-7-11-5-3-4-6-12(11)15/h3-7,9H,2,8,10H2,1H3,(H,14,16). The molecule has 0 bridgehead atoms. The zero-order chi connectivity index (χ0) is 11.4. The number of benzene rings is 1. The first-order valence-corrected chi connectivity index (χ1v) is 5.62. The summed E-state index contributed by atoms with van der Waals surface area (Å²) in [5, 5.41) is 4.05.